The lowest BCUT2D eigenvalue weighted by molar-refractivity contribution is 0.813. The van der Waals surface area contributed by atoms with Crippen LogP contribution in [0.4, 0.5) is 5.69 Å². The monoisotopic (exact) mass is 255 g/mol. The number of hydrogen-bond acceptors (Lipinski definition) is 2. The molecule has 2 heteroatoms. The van der Waals surface area contributed by atoms with Gasteiger partial charge in [0.1, 0.15) is 0 Å². The van der Waals surface area contributed by atoms with E-state index < -0.39 is 0 Å². The average molecular weight is 255 g/mol. The van der Waals surface area contributed by atoms with E-state index in [9.17, 15) is 0 Å². The predicted molar refractivity (Wildman–Crippen MR) is 81.2 cm³/mol. The molecule has 0 radical (unpaired) electrons. The Morgan fingerprint density at radius 2 is 1.72 bits per heavy atom. The first kappa shape index (κ1) is 11.7. The molecule has 1 unspecified atom stereocenters. The molecule has 1 fully saturated rings. The van der Waals surface area contributed by atoms with Crippen molar-refractivity contribution < 1.29 is 0 Å². The molecule has 0 aromatic heterocycles. The smallest absolute Gasteiger partial charge is 0.0422 e. The van der Waals surface area contributed by atoms with Gasteiger partial charge in [0, 0.05) is 23.0 Å². The maximum Gasteiger partial charge on any atom is 0.0422 e. The minimum absolute atomic E-state index is 0.625. The number of benzene rings is 2. The second-order valence-electron chi connectivity index (χ2n) is 4.62. The summed E-state index contributed by atoms with van der Waals surface area (Å²) in [6.07, 6.45) is 1.27. The molecule has 18 heavy (non-hydrogen) atoms. The van der Waals surface area contributed by atoms with E-state index in [1.54, 1.807) is 0 Å². The van der Waals surface area contributed by atoms with Gasteiger partial charge >= 0.3 is 0 Å². The molecule has 2 aromatic rings. The quantitative estimate of drug-likeness (QED) is 0.879. The SMILES string of the molecule is c1ccc(-c2ccccc2NC2CCSC2)cc1. The summed E-state index contributed by atoms with van der Waals surface area (Å²) in [6.45, 7) is 0. The maximum atomic E-state index is 3.69. The van der Waals surface area contributed by atoms with Crippen LogP contribution in [0, 0.1) is 0 Å². The Balaban J connectivity index is 1.90. The lowest BCUT2D eigenvalue weighted by Gasteiger charge is -2.16. The molecule has 1 aliphatic heterocycles. The van der Waals surface area contributed by atoms with Crippen molar-refractivity contribution in [2.45, 2.75) is 12.5 Å². The highest BCUT2D eigenvalue weighted by Gasteiger charge is 2.16. The Morgan fingerprint density at radius 1 is 0.944 bits per heavy atom. The molecule has 1 aliphatic rings. The fraction of sp³-hybridized carbons (Fsp3) is 0.250. The van der Waals surface area contributed by atoms with Gasteiger partial charge in [0.25, 0.3) is 0 Å². The Morgan fingerprint density at radius 3 is 2.50 bits per heavy atom. The van der Waals surface area contributed by atoms with Crippen molar-refractivity contribution in [1.29, 1.82) is 0 Å². The van der Waals surface area contributed by atoms with Gasteiger partial charge in [-0.15, -0.1) is 0 Å². The summed E-state index contributed by atoms with van der Waals surface area (Å²) in [5.41, 5.74) is 3.84. The molecule has 1 atom stereocenters. The minimum atomic E-state index is 0.625. The summed E-state index contributed by atoms with van der Waals surface area (Å²) in [4.78, 5) is 0. The van der Waals surface area contributed by atoms with Crippen molar-refractivity contribution in [1.82, 2.24) is 0 Å². The highest BCUT2D eigenvalue weighted by Crippen LogP contribution is 2.30. The van der Waals surface area contributed by atoms with Crippen LogP contribution in [0.3, 0.4) is 0 Å². The minimum Gasteiger partial charge on any atom is -0.381 e. The zero-order valence-electron chi connectivity index (χ0n) is 10.3. The highest BCUT2D eigenvalue weighted by atomic mass is 32.2. The number of rotatable bonds is 3. The van der Waals surface area contributed by atoms with Gasteiger partial charge in [-0.05, 0) is 23.8 Å². The third kappa shape index (κ3) is 2.54. The van der Waals surface area contributed by atoms with E-state index in [1.165, 1.54) is 34.7 Å². The van der Waals surface area contributed by atoms with Crippen molar-refractivity contribution in [3.05, 3.63) is 54.6 Å². The third-order valence-corrected chi connectivity index (χ3v) is 4.46. The molecule has 1 N–H and O–H groups in total. The van der Waals surface area contributed by atoms with Crippen molar-refractivity contribution in [2.24, 2.45) is 0 Å². The molecule has 0 saturated carbocycles. The lowest BCUT2D eigenvalue weighted by atomic mass is 10.0. The number of hydrogen-bond donors (Lipinski definition) is 1. The fourth-order valence-electron chi connectivity index (χ4n) is 2.35. The van der Waals surface area contributed by atoms with Crippen molar-refractivity contribution in [2.75, 3.05) is 16.8 Å². The summed E-state index contributed by atoms with van der Waals surface area (Å²) >= 11 is 2.04. The molecule has 1 saturated heterocycles. The second kappa shape index (κ2) is 5.49. The first-order valence-electron chi connectivity index (χ1n) is 6.42. The van der Waals surface area contributed by atoms with E-state index >= 15 is 0 Å². The van der Waals surface area contributed by atoms with Crippen LogP contribution in [0.5, 0.6) is 0 Å². The van der Waals surface area contributed by atoms with E-state index in [0.717, 1.165) is 0 Å². The van der Waals surface area contributed by atoms with E-state index in [-0.39, 0.29) is 0 Å². The van der Waals surface area contributed by atoms with E-state index in [2.05, 4.69) is 59.9 Å². The molecular weight excluding hydrogens is 238 g/mol. The van der Waals surface area contributed by atoms with Crippen LogP contribution in [-0.2, 0) is 0 Å². The Labute approximate surface area is 113 Å². The highest BCUT2D eigenvalue weighted by molar-refractivity contribution is 7.99. The molecule has 0 spiro atoms. The van der Waals surface area contributed by atoms with Gasteiger partial charge in [0.15, 0.2) is 0 Å². The van der Waals surface area contributed by atoms with Crippen LogP contribution >= 0.6 is 11.8 Å². The lowest BCUT2D eigenvalue weighted by Crippen LogP contribution is -2.18. The summed E-state index contributed by atoms with van der Waals surface area (Å²) < 4.78 is 0. The van der Waals surface area contributed by atoms with E-state index in [0.29, 0.717) is 6.04 Å². The second-order valence-corrected chi connectivity index (χ2v) is 5.77. The maximum absolute atomic E-state index is 3.69. The van der Waals surface area contributed by atoms with Crippen LogP contribution in [0.25, 0.3) is 11.1 Å². The van der Waals surface area contributed by atoms with Crippen molar-refractivity contribution in [3.8, 4) is 11.1 Å². The van der Waals surface area contributed by atoms with Gasteiger partial charge in [0.2, 0.25) is 0 Å². The Kier molecular flexibility index (Phi) is 3.56. The normalized spacial score (nSPS) is 18.8. The fourth-order valence-corrected chi connectivity index (χ4v) is 3.50. The molecular formula is C16H17NS. The van der Waals surface area contributed by atoms with Gasteiger partial charge in [-0.3, -0.25) is 0 Å². The number of anilines is 1. The number of nitrogens with one attached hydrogen (secondary N) is 1. The topological polar surface area (TPSA) is 12.0 Å². The van der Waals surface area contributed by atoms with Crippen LogP contribution in [0.2, 0.25) is 0 Å². The van der Waals surface area contributed by atoms with Crippen LogP contribution < -0.4 is 5.32 Å². The molecule has 1 heterocycles. The Hall–Kier alpha value is -1.41. The summed E-state index contributed by atoms with van der Waals surface area (Å²) in [7, 11) is 0. The predicted octanol–water partition coefficient (Wildman–Crippen LogP) is 4.27. The van der Waals surface area contributed by atoms with Gasteiger partial charge in [-0.25, -0.2) is 0 Å². The average Bonchev–Trinajstić information content (AvgIpc) is 2.93. The molecule has 2 aromatic carbocycles. The van der Waals surface area contributed by atoms with Crippen LogP contribution in [-0.4, -0.2) is 17.5 Å². The van der Waals surface area contributed by atoms with Gasteiger partial charge in [-0.1, -0.05) is 48.5 Å². The van der Waals surface area contributed by atoms with Crippen molar-refractivity contribution >= 4 is 17.4 Å². The summed E-state index contributed by atoms with van der Waals surface area (Å²) in [5.74, 6) is 2.51. The van der Waals surface area contributed by atoms with Crippen LogP contribution in [0.15, 0.2) is 54.6 Å². The molecule has 1 nitrogen and oxygen atoms in total. The van der Waals surface area contributed by atoms with E-state index in [1.807, 2.05) is 11.8 Å². The first-order valence-corrected chi connectivity index (χ1v) is 7.58. The zero-order chi connectivity index (χ0) is 12.2. The standard InChI is InChI=1S/C16H17NS/c1-2-6-13(7-3-1)15-8-4-5-9-16(15)17-14-10-11-18-12-14/h1-9,14,17H,10-12H2. The summed E-state index contributed by atoms with van der Waals surface area (Å²) in [6, 6.07) is 19.8. The van der Waals surface area contributed by atoms with Crippen LogP contribution in [0.1, 0.15) is 6.42 Å². The first-order chi connectivity index (χ1) is 8.93. The molecule has 92 valence electrons. The number of para-hydroxylation sites is 1. The van der Waals surface area contributed by atoms with Gasteiger partial charge < -0.3 is 5.32 Å². The van der Waals surface area contributed by atoms with Gasteiger partial charge in [-0.2, -0.15) is 11.8 Å². The third-order valence-electron chi connectivity index (χ3n) is 3.30. The van der Waals surface area contributed by atoms with Gasteiger partial charge in [0.05, 0.1) is 0 Å². The zero-order valence-corrected chi connectivity index (χ0v) is 11.1. The summed E-state index contributed by atoms with van der Waals surface area (Å²) in [5, 5.41) is 3.69. The molecule has 0 bridgehead atoms. The molecule has 0 amide bonds. The van der Waals surface area contributed by atoms with Crippen molar-refractivity contribution in [3.63, 3.8) is 0 Å². The molecule has 0 aliphatic carbocycles. The Bertz CT molecular complexity index is 504. The number of thioether (sulfide) groups is 1. The largest absolute Gasteiger partial charge is 0.381 e. The molecule has 3 rings (SSSR count). The van der Waals surface area contributed by atoms with E-state index in [4.69, 9.17) is 0 Å².